The molecule has 0 saturated heterocycles. The molecule has 0 radical (unpaired) electrons. The molecule has 0 spiro atoms. The number of nitrogens with zero attached hydrogens (tertiary/aromatic N) is 1. The van der Waals surface area contributed by atoms with Crippen LogP contribution in [-0.4, -0.2) is 36.4 Å². The van der Waals surface area contributed by atoms with Crippen molar-refractivity contribution in [2.45, 2.75) is 84.7 Å². The van der Waals surface area contributed by atoms with Crippen LogP contribution in [0.1, 0.15) is 77.0 Å². The molecule has 186 valence electrons. The molecule has 0 aliphatic carbocycles. The van der Waals surface area contributed by atoms with Crippen LogP contribution >= 0.6 is 0 Å². The number of hydrogen-bond acceptors (Lipinski definition) is 3. The molecule has 34 heavy (non-hydrogen) atoms. The van der Waals surface area contributed by atoms with Gasteiger partial charge in [-0.25, -0.2) is 0 Å². The number of carbonyl (C=O) groups excluding carboxylic acids is 2. The topological polar surface area (TPSA) is 58.6 Å². The van der Waals surface area contributed by atoms with Crippen molar-refractivity contribution >= 4 is 11.8 Å². The number of rotatable bonds is 12. The number of hydrogen-bond donors (Lipinski definition) is 1. The molecular weight excluding hydrogens is 424 g/mol. The molecule has 1 N–H and O–H groups in total. The van der Waals surface area contributed by atoms with Gasteiger partial charge in [-0.15, -0.1) is 0 Å². The Morgan fingerprint density at radius 1 is 1.03 bits per heavy atom. The monoisotopic (exact) mass is 466 g/mol. The maximum absolute atomic E-state index is 13.5. The summed E-state index contributed by atoms with van der Waals surface area (Å²) >= 11 is 0. The summed E-state index contributed by atoms with van der Waals surface area (Å²) in [6, 6.07) is 15.7. The highest BCUT2D eigenvalue weighted by Gasteiger charge is 2.28. The Morgan fingerprint density at radius 3 is 2.32 bits per heavy atom. The first kappa shape index (κ1) is 27.4. The van der Waals surface area contributed by atoms with Gasteiger partial charge in [-0.2, -0.15) is 0 Å². The van der Waals surface area contributed by atoms with Gasteiger partial charge in [0.25, 0.3) is 0 Å². The molecule has 0 saturated carbocycles. The van der Waals surface area contributed by atoms with Crippen LogP contribution in [0.15, 0.2) is 48.5 Å². The van der Waals surface area contributed by atoms with Crippen molar-refractivity contribution in [1.82, 2.24) is 10.2 Å². The number of methoxy groups -OCH3 is 1. The van der Waals surface area contributed by atoms with Crippen LogP contribution in [0.4, 0.5) is 0 Å². The number of aryl methyl sites for hydroxylation is 1. The molecular formula is C29H42N2O3. The lowest BCUT2D eigenvalue weighted by atomic mass is 9.86. The fraction of sp³-hybridized carbons (Fsp3) is 0.517. The number of nitrogens with one attached hydrogen (secondary N) is 1. The molecule has 2 aromatic rings. The van der Waals surface area contributed by atoms with Crippen LogP contribution in [0.25, 0.3) is 0 Å². The van der Waals surface area contributed by atoms with E-state index in [9.17, 15) is 9.59 Å². The average Bonchev–Trinajstić information content (AvgIpc) is 2.82. The zero-order valence-corrected chi connectivity index (χ0v) is 21.8. The van der Waals surface area contributed by atoms with Gasteiger partial charge in [0.05, 0.1) is 7.11 Å². The number of amides is 2. The van der Waals surface area contributed by atoms with Gasteiger partial charge in [0, 0.05) is 19.5 Å². The first-order chi connectivity index (χ1) is 16.2. The van der Waals surface area contributed by atoms with E-state index in [0.717, 1.165) is 29.7 Å². The Labute approximate surface area is 205 Å². The summed E-state index contributed by atoms with van der Waals surface area (Å²) in [4.78, 5) is 28.2. The fourth-order valence-corrected chi connectivity index (χ4v) is 3.96. The predicted molar refractivity (Wildman–Crippen MR) is 139 cm³/mol. The summed E-state index contributed by atoms with van der Waals surface area (Å²) in [5.74, 6) is 0.645. The molecule has 0 heterocycles. The zero-order chi connectivity index (χ0) is 25.1. The predicted octanol–water partition coefficient (Wildman–Crippen LogP) is 5.65. The van der Waals surface area contributed by atoms with Crippen LogP contribution in [-0.2, 0) is 28.0 Å². The zero-order valence-electron chi connectivity index (χ0n) is 21.8. The molecule has 2 aromatic carbocycles. The maximum Gasteiger partial charge on any atom is 0.242 e. The number of unbranched alkanes of at least 4 members (excludes halogenated alkanes) is 1. The maximum atomic E-state index is 13.5. The van der Waals surface area contributed by atoms with Crippen molar-refractivity contribution in [2.75, 3.05) is 13.7 Å². The molecule has 0 aromatic heterocycles. The molecule has 0 aliphatic rings. The van der Waals surface area contributed by atoms with E-state index >= 15 is 0 Å². The van der Waals surface area contributed by atoms with E-state index < -0.39 is 6.04 Å². The number of ether oxygens (including phenoxy) is 1. The highest BCUT2D eigenvalue weighted by Crippen LogP contribution is 2.23. The lowest BCUT2D eigenvalue weighted by Crippen LogP contribution is -2.49. The van der Waals surface area contributed by atoms with Gasteiger partial charge in [-0.3, -0.25) is 9.59 Å². The molecule has 1 atom stereocenters. The third-order valence-corrected chi connectivity index (χ3v) is 6.15. The van der Waals surface area contributed by atoms with Crippen molar-refractivity contribution in [3.8, 4) is 5.75 Å². The van der Waals surface area contributed by atoms with Gasteiger partial charge in [0.1, 0.15) is 11.8 Å². The van der Waals surface area contributed by atoms with Gasteiger partial charge < -0.3 is 15.0 Å². The van der Waals surface area contributed by atoms with Crippen molar-refractivity contribution in [1.29, 1.82) is 0 Å². The van der Waals surface area contributed by atoms with Gasteiger partial charge >= 0.3 is 0 Å². The van der Waals surface area contributed by atoms with E-state index in [1.165, 1.54) is 5.56 Å². The Bertz CT molecular complexity index is 916. The molecule has 5 heteroatoms. The minimum atomic E-state index is -0.501. The van der Waals surface area contributed by atoms with Crippen LogP contribution in [0, 0.1) is 0 Å². The minimum Gasteiger partial charge on any atom is -0.497 e. The number of carbonyl (C=O) groups is 2. The molecule has 0 fully saturated rings. The Hall–Kier alpha value is -2.82. The molecule has 2 amide bonds. The van der Waals surface area contributed by atoms with Gasteiger partial charge in [-0.05, 0) is 53.5 Å². The van der Waals surface area contributed by atoms with E-state index in [-0.39, 0.29) is 17.2 Å². The summed E-state index contributed by atoms with van der Waals surface area (Å²) in [6.07, 6.45) is 3.51. The van der Waals surface area contributed by atoms with E-state index in [0.29, 0.717) is 32.4 Å². The highest BCUT2D eigenvalue weighted by atomic mass is 16.5. The molecule has 0 bridgehead atoms. The third kappa shape index (κ3) is 8.19. The second-order valence-electron chi connectivity index (χ2n) is 9.89. The first-order valence-electron chi connectivity index (χ1n) is 12.5. The van der Waals surface area contributed by atoms with Crippen molar-refractivity contribution in [3.05, 3.63) is 65.2 Å². The van der Waals surface area contributed by atoms with E-state index in [1.807, 2.05) is 31.2 Å². The summed E-state index contributed by atoms with van der Waals surface area (Å²) in [5.41, 5.74) is 3.45. The van der Waals surface area contributed by atoms with Crippen LogP contribution < -0.4 is 10.1 Å². The van der Waals surface area contributed by atoms with Gasteiger partial charge in [0.2, 0.25) is 11.8 Å². The average molecular weight is 467 g/mol. The number of benzene rings is 2. The van der Waals surface area contributed by atoms with Crippen LogP contribution in [0.5, 0.6) is 5.75 Å². The quantitative estimate of drug-likeness (QED) is 0.411. The van der Waals surface area contributed by atoms with E-state index in [1.54, 1.807) is 12.0 Å². The summed E-state index contributed by atoms with van der Waals surface area (Å²) in [6.45, 7) is 11.6. The smallest absolute Gasteiger partial charge is 0.242 e. The normalized spacial score (nSPS) is 12.2. The van der Waals surface area contributed by atoms with Crippen LogP contribution in [0.2, 0.25) is 0 Å². The summed E-state index contributed by atoms with van der Waals surface area (Å²) in [5, 5.41) is 3.01. The Balaban J connectivity index is 2.18. The fourth-order valence-electron chi connectivity index (χ4n) is 3.96. The molecule has 2 rings (SSSR count). The third-order valence-electron chi connectivity index (χ3n) is 6.15. The van der Waals surface area contributed by atoms with Gasteiger partial charge in [-0.1, -0.05) is 77.4 Å². The summed E-state index contributed by atoms with van der Waals surface area (Å²) < 4.78 is 5.35. The Morgan fingerprint density at radius 2 is 1.74 bits per heavy atom. The van der Waals surface area contributed by atoms with Crippen molar-refractivity contribution in [3.63, 3.8) is 0 Å². The Kier molecular flexibility index (Phi) is 10.6. The second-order valence-corrected chi connectivity index (χ2v) is 9.89. The van der Waals surface area contributed by atoms with E-state index in [2.05, 4.69) is 57.3 Å². The first-order valence-corrected chi connectivity index (χ1v) is 12.5. The standard InChI is InChI=1S/C29H42N2O3/c1-7-9-19-30-28(33)26(8-2)31(21-23-11-10-12-25(20-23)34-6)27(32)18-15-22-13-16-24(17-14-22)29(3,4)5/h10-14,16-17,20,26H,7-9,15,18-19,21H2,1-6H3,(H,30,33)/t26-/m0/s1. The molecule has 0 aliphatic heterocycles. The van der Waals surface area contributed by atoms with Crippen molar-refractivity contribution < 1.29 is 14.3 Å². The molecule has 0 unspecified atom stereocenters. The largest absolute Gasteiger partial charge is 0.497 e. The molecule has 5 nitrogen and oxygen atoms in total. The summed E-state index contributed by atoms with van der Waals surface area (Å²) in [7, 11) is 1.63. The SMILES string of the molecule is CCCCNC(=O)[C@H](CC)N(Cc1cccc(OC)c1)C(=O)CCc1ccc(C(C)(C)C)cc1. The second kappa shape index (κ2) is 13.2. The lowest BCUT2D eigenvalue weighted by Gasteiger charge is -2.31. The minimum absolute atomic E-state index is 0.0137. The van der Waals surface area contributed by atoms with Crippen LogP contribution in [0.3, 0.4) is 0 Å². The van der Waals surface area contributed by atoms with Gasteiger partial charge in [0.15, 0.2) is 0 Å². The van der Waals surface area contributed by atoms with Crippen molar-refractivity contribution in [2.24, 2.45) is 0 Å². The highest BCUT2D eigenvalue weighted by molar-refractivity contribution is 5.87. The van der Waals surface area contributed by atoms with E-state index in [4.69, 9.17) is 4.74 Å². The lowest BCUT2D eigenvalue weighted by molar-refractivity contribution is -0.141.